The molecule has 1 aliphatic rings. The van der Waals surface area contributed by atoms with E-state index in [1.54, 1.807) is 11.9 Å². The summed E-state index contributed by atoms with van der Waals surface area (Å²) in [7, 11) is 3.17. The van der Waals surface area contributed by atoms with Crippen LogP contribution in [0.25, 0.3) is 11.2 Å². The summed E-state index contributed by atoms with van der Waals surface area (Å²) in [5.74, 6) is 0.418. The molecule has 0 radical (unpaired) electrons. The van der Waals surface area contributed by atoms with E-state index in [0.29, 0.717) is 18.9 Å². The van der Waals surface area contributed by atoms with Crippen LogP contribution >= 0.6 is 0 Å². The number of fused-ring (bicyclic) bond motifs is 1. The van der Waals surface area contributed by atoms with Crippen LogP contribution in [-0.2, 0) is 18.9 Å². The number of nitrogens with zero attached hydrogens (tertiary/aromatic N) is 4. The quantitative estimate of drug-likeness (QED) is 0.601. The lowest BCUT2D eigenvalue weighted by atomic mass is 10.3. The van der Waals surface area contributed by atoms with Crippen molar-refractivity contribution in [2.45, 2.75) is 18.9 Å². The third-order valence-corrected chi connectivity index (χ3v) is 4.23. The van der Waals surface area contributed by atoms with E-state index in [1.165, 1.54) is 16.2 Å². The maximum Gasteiger partial charge on any atom is 0.329 e. The minimum atomic E-state index is -0.756. The van der Waals surface area contributed by atoms with Crippen molar-refractivity contribution >= 4 is 23.0 Å². The van der Waals surface area contributed by atoms with E-state index in [4.69, 9.17) is 0 Å². The van der Waals surface area contributed by atoms with E-state index in [9.17, 15) is 19.5 Å². The number of amides is 1. The maximum atomic E-state index is 11.9. The van der Waals surface area contributed by atoms with Crippen molar-refractivity contribution in [3.63, 3.8) is 0 Å². The highest BCUT2D eigenvalue weighted by Gasteiger charge is 2.23. The van der Waals surface area contributed by atoms with Gasteiger partial charge in [-0.1, -0.05) is 0 Å². The molecule has 0 saturated carbocycles. The molecule has 2 aromatic heterocycles. The van der Waals surface area contributed by atoms with Gasteiger partial charge in [-0.05, 0) is 6.42 Å². The Balaban J connectivity index is 1.76. The molecule has 1 atom stereocenters. The molecular formula is C14H20N6O4. The molecule has 3 N–H and O–H groups in total. The number of carbonyl (C=O) groups is 1. The number of imidazole rings is 1. The monoisotopic (exact) mass is 336 g/mol. The number of aromatic amines is 1. The van der Waals surface area contributed by atoms with E-state index in [2.05, 4.69) is 15.3 Å². The van der Waals surface area contributed by atoms with Crippen molar-refractivity contribution in [1.29, 1.82) is 0 Å². The number of carbonyl (C=O) groups excluding carboxylic acids is 1. The summed E-state index contributed by atoms with van der Waals surface area (Å²) < 4.78 is 2.78. The van der Waals surface area contributed by atoms with Crippen LogP contribution in [0.1, 0.15) is 12.8 Å². The number of hydrogen-bond donors (Lipinski definition) is 3. The molecule has 10 nitrogen and oxygen atoms in total. The molecule has 1 amide bonds. The second-order valence-electron chi connectivity index (χ2n) is 5.96. The number of nitrogens with one attached hydrogen (secondary N) is 2. The first-order chi connectivity index (χ1) is 11.4. The Morgan fingerprint density at radius 3 is 2.71 bits per heavy atom. The Morgan fingerprint density at radius 1 is 1.29 bits per heavy atom. The van der Waals surface area contributed by atoms with Gasteiger partial charge in [-0.25, -0.2) is 4.79 Å². The first-order valence-corrected chi connectivity index (χ1v) is 7.74. The summed E-state index contributed by atoms with van der Waals surface area (Å²) >= 11 is 0. The van der Waals surface area contributed by atoms with Gasteiger partial charge in [-0.2, -0.15) is 4.98 Å². The summed E-state index contributed by atoms with van der Waals surface area (Å²) in [5, 5.41) is 13.1. The molecular weight excluding hydrogens is 316 g/mol. The zero-order valence-corrected chi connectivity index (χ0v) is 13.6. The molecule has 0 aliphatic carbocycles. The topological polar surface area (TPSA) is 125 Å². The number of aromatic nitrogens is 4. The Hall–Kier alpha value is -2.62. The Labute approximate surface area is 136 Å². The van der Waals surface area contributed by atoms with E-state index >= 15 is 0 Å². The Morgan fingerprint density at radius 2 is 2.04 bits per heavy atom. The van der Waals surface area contributed by atoms with Crippen LogP contribution in [0, 0.1) is 0 Å². The molecule has 3 rings (SSSR count). The number of aliphatic hydroxyl groups is 1. The summed E-state index contributed by atoms with van der Waals surface area (Å²) in [4.78, 5) is 43.2. The van der Waals surface area contributed by atoms with Crippen molar-refractivity contribution in [2.75, 3.05) is 25.0 Å². The lowest BCUT2D eigenvalue weighted by molar-refractivity contribution is -0.128. The zero-order valence-electron chi connectivity index (χ0n) is 13.6. The predicted molar refractivity (Wildman–Crippen MR) is 86.9 cm³/mol. The highest BCUT2D eigenvalue weighted by molar-refractivity contribution is 5.78. The molecule has 0 unspecified atom stereocenters. The van der Waals surface area contributed by atoms with E-state index in [1.807, 2.05) is 0 Å². The number of aryl methyl sites for hydroxylation is 2. The van der Waals surface area contributed by atoms with Crippen LogP contribution < -0.4 is 16.6 Å². The number of likely N-dealkylation sites (tertiary alicyclic amines) is 1. The highest BCUT2D eigenvalue weighted by atomic mass is 16.3. The number of anilines is 1. The molecule has 0 bridgehead atoms. The summed E-state index contributed by atoms with van der Waals surface area (Å²) in [6, 6.07) is 0. The third kappa shape index (κ3) is 2.80. The predicted octanol–water partition coefficient (Wildman–Crippen LogP) is -1.64. The van der Waals surface area contributed by atoms with Gasteiger partial charge < -0.3 is 19.9 Å². The van der Waals surface area contributed by atoms with Crippen LogP contribution in [0.4, 0.5) is 5.95 Å². The van der Waals surface area contributed by atoms with Gasteiger partial charge in [0.2, 0.25) is 11.9 Å². The standard InChI is InChI=1S/C14H20N6O4/c1-18-10-11(19(2)14(24)17-12(10)23)16-13(18)15-6-8(21)7-20-5-3-4-9(20)22/h8,21H,3-7H2,1-2H3,(H,15,16)(H,17,23,24)/t8-/m1/s1. The fourth-order valence-electron chi connectivity index (χ4n) is 2.89. The summed E-state index contributed by atoms with van der Waals surface area (Å²) in [6.07, 6.45) is 0.594. The van der Waals surface area contributed by atoms with E-state index < -0.39 is 17.4 Å². The second-order valence-corrected chi connectivity index (χ2v) is 5.96. The van der Waals surface area contributed by atoms with Crippen molar-refractivity contribution in [1.82, 2.24) is 24.0 Å². The minimum Gasteiger partial charge on any atom is -0.389 e. The van der Waals surface area contributed by atoms with Gasteiger partial charge in [-0.15, -0.1) is 0 Å². The van der Waals surface area contributed by atoms with Gasteiger partial charge in [0.05, 0.1) is 6.10 Å². The fraction of sp³-hybridized carbons (Fsp3) is 0.571. The Bertz CT molecular complexity index is 895. The molecule has 2 aromatic rings. The molecule has 1 aliphatic heterocycles. The normalized spacial score (nSPS) is 16.1. The molecule has 24 heavy (non-hydrogen) atoms. The van der Waals surface area contributed by atoms with Crippen molar-refractivity contribution in [2.24, 2.45) is 14.1 Å². The molecule has 1 fully saturated rings. The molecule has 1 saturated heterocycles. The van der Waals surface area contributed by atoms with Gasteiger partial charge in [0, 0.05) is 40.2 Å². The Kier molecular flexibility index (Phi) is 4.14. The lowest BCUT2D eigenvalue weighted by Gasteiger charge is -2.20. The first-order valence-electron chi connectivity index (χ1n) is 7.74. The fourth-order valence-corrected chi connectivity index (χ4v) is 2.89. The minimum absolute atomic E-state index is 0.0540. The van der Waals surface area contributed by atoms with Gasteiger partial charge >= 0.3 is 5.69 Å². The van der Waals surface area contributed by atoms with Crippen LogP contribution in [-0.4, -0.2) is 60.8 Å². The molecule has 3 heterocycles. The van der Waals surface area contributed by atoms with Crippen molar-refractivity contribution < 1.29 is 9.90 Å². The average Bonchev–Trinajstić information content (AvgIpc) is 3.07. The molecule has 130 valence electrons. The van der Waals surface area contributed by atoms with Crippen LogP contribution in [0.15, 0.2) is 9.59 Å². The molecule has 0 spiro atoms. The van der Waals surface area contributed by atoms with Crippen molar-refractivity contribution in [3.8, 4) is 0 Å². The number of hydrogen-bond acceptors (Lipinski definition) is 6. The van der Waals surface area contributed by atoms with Gasteiger partial charge in [0.15, 0.2) is 11.2 Å². The molecule has 0 aromatic carbocycles. The van der Waals surface area contributed by atoms with Gasteiger partial charge in [0.1, 0.15) is 0 Å². The van der Waals surface area contributed by atoms with E-state index in [-0.39, 0.29) is 30.2 Å². The lowest BCUT2D eigenvalue weighted by Crippen LogP contribution is -2.37. The summed E-state index contributed by atoms with van der Waals surface area (Å²) in [5.41, 5.74) is -0.522. The highest BCUT2D eigenvalue weighted by Crippen LogP contribution is 2.13. The number of H-pyrrole nitrogens is 1. The number of aliphatic hydroxyl groups excluding tert-OH is 1. The van der Waals surface area contributed by atoms with E-state index in [0.717, 1.165) is 6.42 Å². The second kappa shape index (κ2) is 6.11. The van der Waals surface area contributed by atoms with Crippen LogP contribution in [0.2, 0.25) is 0 Å². The van der Waals surface area contributed by atoms with Crippen molar-refractivity contribution in [3.05, 3.63) is 20.8 Å². The van der Waals surface area contributed by atoms with Gasteiger partial charge in [0.25, 0.3) is 5.56 Å². The average molecular weight is 336 g/mol. The first kappa shape index (κ1) is 16.2. The summed E-state index contributed by atoms with van der Waals surface area (Å²) in [6.45, 7) is 1.10. The van der Waals surface area contributed by atoms with Crippen LogP contribution in [0.3, 0.4) is 0 Å². The smallest absolute Gasteiger partial charge is 0.329 e. The maximum absolute atomic E-state index is 11.9. The number of rotatable bonds is 5. The number of β-amino-alcohol motifs (C(OH)–C–C–N with tert-alkyl or cyclic N) is 1. The van der Waals surface area contributed by atoms with Crippen LogP contribution in [0.5, 0.6) is 0 Å². The SMILES string of the molecule is Cn1c(NC[C@@H](O)CN2CCCC2=O)nc2c1c(=O)[nH]c(=O)n2C. The largest absolute Gasteiger partial charge is 0.389 e. The van der Waals surface area contributed by atoms with Gasteiger partial charge in [-0.3, -0.25) is 19.1 Å². The zero-order chi connectivity index (χ0) is 17.4. The third-order valence-electron chi connectivity index (χ3n) is 4.23. The molecule has 10 heteroatoms.